The van der Waals surface area contributed by atoms with E-state index < -0.39 is 0 Å². The first-order valence-electron chi connectivity index (χ1n) is 8.67. The number of benzene rings is 1. The Morgan fingerprint density at radius 2 is 2.00 bits per heavy atom. The summed E-state index contributed by atoms with van der Waals surface area (Å²) in [7, 11) is 0. The number of amides is 2. The van der Waals surface area contributed by atoms with Gasteiger partial charge in [0.2, 0.25) is 5.91 Å². The molecule has 130 valence electrons. The molecule has 1 atom stereocenters. The Morgan fingerprint density at radius 1 is 1.20 bits per heavy atom. The molecule has 2 aromatic rings. The van der Waals surface area contributed by atoms with Gasteiger partial charge in [0.15, 0.2) is 0 Å². The molecule has 1 aliphatic rings. The van der Waals surface area contributed by atoms with Gasteiger partial charge in [-0.15, -0.1) is 0 Å². The number of rotatable bonds is 5. The summed E-state index contributed by atoms with van der Waals surface area (Å²) in [5.74, 6) is 0.0219. The average Bonchev–Trinajstić information content (AvgIpc) is 3.09. The first-order chi connectivity index (χ1) is 12.1. The van der Waals surface area contributed by atoms with Crippen LogP contribution in [-0.4, -0.2) is 40.8 Å². The Bertz CT molecular complexity index is 728. The molecule has 1 aromatic carbocycles. The molecule has 2 amide bonds. The van der Waals surface area contributed by atoms with Gasteiger partial charge in [-0.25, -0.2) is 0 Å². The zero-order valence-electron chi connectivity index (χ0n) is 14.4. The number of nitrogens with one attached hydrogen (secondary N) is 1. The molecule has 0 radical (unpaired) electrons. The quantitative estimate of drug-likeness (QED) is 0.911. The Kier molecular flexibility index (Phi) is 5.43. The maximum absolute atomic E-state index is 12.5. The molecule has 0 saturated carbocycles. The maximum Gasteiger partial charge on any atom is 0.255 e. The van der Waals surface area contributed by atoms with Crippen LogP contribution in [0.25, 0.3) is 0 Å². The lowest BCUT2D eigenvalue weighted by molar-refractivity contribution is -0.121. The molecule has 1 saturated heterocycles. The lowest BCUT2D eigenvalue weighted by Crippen LogP contribution is -2.38. The lowest BCUT2D eigenvalue weighted by atomic mass is 10.1. The normalized spacial score (nSPS) is 16.7. The monoisotopic (exact) mass is 337 g/mol. The van der Waals surface area contributed by atoms with Crippen molar-refractivity contribution in [2.24, 2.45) is 0 Å². The first-order valence-corrected chi connectivity index (χ1v) is 8.67. The number of carbonyl (C=O) groups excluding carboxylic acids is 2. The van der Waals surface area contributed by atoms with E-state index >= 15 is 0 Å². The van der Waals surface area contributed by atoms with Crippen molar-refractivity contribution < 1.29 is 9.59 Å². The molecule has 0 aliphatic carbocycles. The van der Waals surface area contributed by atoms with Crippen molar-refractivity contribution in [2.45, 2.75) is 32.2 Å². The molecule has 0 bridgehead atoms. The summed E-state index contributed by atoms with van der Waals surface area (Å²) >= 11 is 0. The third-order valence-electron chi connectivity index (χ3n) is 4.48. The van der Waals surface area contributed by atoms with Crippen LogP contribution < -0.4 is 5.32 Å². The summed E-state index contributed by atoms with van der Waals surface area (Å²) in [4.78, 5) is 30.6. The molecule has 25 heavy (non-hydrogen) atoms. The summed E-state index contributed by atoms with van der Waals surface area (Å²) < 4.78 is 0. The summed E-state index contributed by atoms with van der Waals surface area (Å²) in [5, 5.41) is 3.05. The zero-order chi connectivity index (χ0) is 17.6. The van der Waals surface area contributed by atoms with E-state index in [1.54, 1.807) is 17.2 Å². The lowest BCUT2D eigenvalue weighted by Gasteiger charge is -2.17. The Balaban J connectivity index is 1.46. The van der Waals surface area contributed by atoms with Crippen LogP contribution in [0.15, 0.2) is 48.7 Å². The smallest absolute Gasteiger partial charge is 0.255 e. The third kappa shape index (κ3) is 4.66. The minimum atomic E-state index is -0.0199. The van der Waals surface area contributed by atoms with E-state index in [9.17, 15) is 9.59 Å². The fourth-order valence-corrected chi connectivity index (χ4v) is 3.04. The van der Waals surface area contributed by atoms with Crippen LogP contribution in [0.5, 0.6) is 0 Å². The number of aromatic nitrogens is 1. The van der Waals surface area contributed by atoms with Gasteiger partial charge >= 0.3 is 0 Å². The van der Waals surface area contributed by atoms with Crippen LogP contribution in [0.1, 0.15) is 34.5 Å². The van der Waals surface area contributed by atoms with E-state index in [-0.39, 0.29) is 17.9 Å². The summed E-state index contributed by atoms with van der Waals surface area (Å²) in [6.45, 7) is 3.12. The highest BCUT2D eigenvalue weighted by molar-refractivity contribution is 5.94. The van der Waals surface area contributed by atoms with Crippen LogP contribution in [0.3, 0.4) is 0 Å². The Labute approximate surface area is 148 Å². The van der Waals surface area contributed by atoms with Crippen LogP contribution in [0.2, 0.25) is 0 Å². The van der Waals surface area contributed by atoms with Gasteiger partial charge in [-0.2, -0.15) is 0 Å². The molecule has 1 aliphatic heterocycles. The largest absolute Gasteiger partial charge is 0.352 e. The van der Waals surface area contributed by atoms with Gasteiger partial charge in [0.1, 0.15) is 0 Å². The minimum Gasteiger partial charge on any atom is -0.352 e. The number of hydrogen-bond donors (Lipinski definition) is 1. The predicted octanol–water partition coefficient (Wildman–Crippen LogP) is 2.35. The van der Waals surface area contributed by atoms with E-state index in [2.05, 4.69) is 10.3 Å². The molecule has 1 fully saturated rings. The van der Waals surface area contributed by atoms with Crippen LogP contribution in [0.4, 0.5) is 0 Å². The SMILES string of the molecule is Cc1ccc(C(=O)N2CC[C@@H](NC(=O)CCc3ccccc3)C2)cn1. The summed E-state index contributed by atoms with van der Waals surface area (Å²) in [6, 6.07) is 13.7. The van der Waals surface area contributed by atoms with Crippen molar-refractivity contribution in [2.75, 3.05) is 13.1 Å². The summed E-state index contributed by atoms with van der Waals surface area (Å²) in [6.07, 6.45) is 3.61. The van der Waals surface area contributed by atoms with Crippen LogP contribution in [0, 0.1) is 6.92 Å². The highest BCUT2D eigenvalue weighted by atomic mass is 16.2. The third-order valence-corrected chi connectivity index (χ3v) is 4.48. The Hall–Kier alpha value is -2.69. The molecule has 1 N–H and O–H groups in total. The second-order valence-electron chi connectivity index (χ2n) is 6.48. The van der Waals surface area contributed by atoms with E-state index in [0.717, 1.165) is 24.1 Å². The fraction of sp³-hybridized carbons (Fsp3) is 0.350. The number of nitrogens with zero attached hydrogens (tertiary/aromatic N) is 2. The first kappa shape index (κ1) is 17.1. The van der Waals surface area contributed by atoms with Crippen LogP contribution in [-0.2, 0) is 11.2 Å². The molecular weight excluding hydrogens is 314 g/mol. The number of carbonyl (C=O) groups is 2. The molecular formula is C20H23N3O2. The van der Waals surface area contributed by atoms with Gasteiger partial charge in [0.25, 0.3) is 5.91 Å². The Morgan fingerprint density at radius 3 is 2.72 bits per heavy atom. The molecule has 5 nitrogen and oxygen atoms in total. The number of aryl methyl sites for hydroxylation is 2. The average molecular weight is 337 g/mol. The van der Waals surface area contributed by atoms with Crippen molar-refractivity contribution in [1.29, 1.82) is 0 Å². The second kappa shape index (κ2) is 7.92. The van der Waals surface area contributed by atoms with E-state index in [1.165, 1.54) is 0 Å². The fourth-order valence-electron chi connectivity index (χ4n) is 3.04. The molecule has 0 unspecified atom stereocenters. The molecule has 5 heteroatoms. The van der Waals surface area contributed by atoms with Gasteiger partial charge in [-0.1, -0.05) is 30.3 Å². The van der Waals surface area contributed by atoms with E-state index in [1.807, 2.05) is 43.3 Å². The van der Waals surface area contributed by atoms with Crippen molar-refractivity contribution >= 4 is 11.8 Å². The topological polar surface area (TPSA) is 62.3 Å². The van der Waals surface area contributed by atoms with Gasteiger partial charge in [0.05, 0.1) is 5.56 Å². The molecule has 2 heterocycles. The number of hydrogen-bond acceptors (Lipinski definition) is 3. The van der Waals surface area contributed by atoms with Crippen molar-refractivity contribution in [1.82, 2.24) is 15.2 Å². The predicted molar refractivity (Wildman–Crippen MR) is 96.2 cm³/mol. The van der Waals surface area contributed by atoms with E-state index in [0.29, 0.717) is 25.1 Å². The zero-order valence-corrected chi connectivity index (χ0v) is 14.4. The van der Waals surface area contributed by atoms with E-state index in [4.69, 9.17) is 0 Å². The maximum atomic E-state index is 12.5. The number of pyridine rings is 1. The minimum absolute atomic E-state index is 0.0199. The van der Waals surface area contributed by atoms with Crippen molar-refractivity contribution in [3.63, 3.8) is 0 Å². The second-order valence-corrected chi connectivity index (χ2v) is 6.48. The molecule has 0 spiro atoms. The van der Waals surface area contributed by atoms with Crippen molar-refractivity contribution in [3.8, 4) is 0 Å². The van der Waals surface area contributed by atoms with Gasteiger partial charge in [-0.3, -0.25) is 14.6 Å². The van der Waals surface area contributed by atoms with Gasteiger partial charge in [-0.05, 0) is 37.5 Å². The molecule has 1 aromatic heterocycles. The molecule has 3 rings (SSSR count). The highest BCUT2D eigenvalue weighted by Gasteiger charge is 2.27. The summed E-state index contributed by atoms with van der Waals surface area (Å²) in [5.41, 5.74) is 2.65. The van der Waals surface area contributed by atoms with Crippen molar-refractivity contribution in [3.05, 3.63) is 65.5 Å². The highest BCUT2D eigenvalue weighted by Crippen LogP contribution is 2.14. The number of likely N-dealkylation sites (tertiary alicyclic amines) is 1. The van der Waals surface area contributed by atoms with Gasteiger partial charge in [0, 0.05) is 37.4 Å². The standard InChI is InChI=1S/C20H23N3O2/c1-15-7-9-17(13-21-15)20(25)23-12-11-18(14-23)22-19(24)10-8-16-5-3-2-4-6-16/h2-7,9,13,18H,8,10-12,14H2,1H3,(H,22,24)/t18-/m1/s1. The van der Waals surface area contributed by atoms with Crippen LogP contribution >= 0.6 is 0 Å². The van der Waals surface area contributed by atoms with Gasteiger partial charge < -0.3 is 10.2 Å².